The molecule has 0 aromatic carbocycles. The number of aryl methyl sites for hydroxylation is 1. The maximum Gasteiger partial charge on any atom is 1.00 e. The molecule has 7 heteroatoms. The van der Waals surface area contributed by atoms with E-state index in [-0.39, 0.29) is 38.6 Å². The van der Waals surface area contributed by atoms with E-state index in [0.29, 0.717) is 17.0 Å². The van der Waals surface area contributed by atoms with E-state index in [1.54, 1.807) is 6.92 Å². The molecule has 1 N–H and O–H groups in total. The van der Waals surface area contributed by atoms with Gasteiger partial charge in [0.2, 0.25) is 0 Å². The van der Waals surface area contributed by atoms with E-state index in [2.05, 4.69) is 4.98 Å². The summed E-state index contributed by atoms with van der Waals surface area (Å²) >= 11 is -1.58. The Balaban J connectivity index is 0.000001000. The molecule has 0 saturated heterocycles. The predicted molar refractivity (Wildman–Crippen MR) is 36.9 cm³/mol. The molecule has 4 nitrogen and oxygen atoms in total. The van der Waals surface area contributed by atoms with Crippen LogP contribution in [0.3, 0.4) is 0 Å². The quantitative estimate of drug-likeness (QED) is 0.388. The van der Waals surface area contributed by atoms with Gasteiger partial charge in [-0.15, -0.1) is 0 Å². The van der Waals surface area contributed by atoms with Crippen LogP contribution in [0.4, 0.5) is 0 Å². The van der Waals surface area contributed by atoms with Crippen LogP contribution in [-0.4, -0.2) is 13.7 Å². The molecule has 0 bridgehead atoms. The fraction of sp³-hybridized carbons (Fsp3) is 0.250. The van der Waals surface area contributed by atoms with E-state index < -0.39 is 11.1 Å². The molecule has 0 aliphatic heterocycles. The zero-order chi connectivity index (χ0) is 7.72. The number of hydrogen-bond acceptors (Lipinski definition) is 4. The molecule has 0 saturated carbocycles. The van der Waals surface area contributed by atoms with E-state index in [0.717, 1.165) is 0 Å². The van der Waals surface area contributed by atoms with Crippen molar-refractivity contribution in [1.82, 2.24) is 4.98 Å². The van der Waals surface area contributed by atoms with Crippen molar-refractivity contribution in [1.29, 1.82) is 0 Å². The molecule has 0 aliphatic carbocycles. The van der Waals surface area contributed by atoms with Crippen molar-refractivity contribution >= 4 is 22.4 Å². The number of aromatic nitrogens is 1. The molecule has 0 amide bonds. The van der Waals surface area contributed by atoms with Crippen LogP contribution in [0.1, 0.15) is 5.69 Å². The molecule has 1 aromatic heterocycles. The Morgan fingerprint density at radius 2 is 2.18 bits per heavy atom. The van der Waals surface area contributed by atoms with Gasteiger partial charge < -0.3 is 9.54 Å². The normalized spacial score (nSPS) is 12.2. The molecule has 56 valence electrons. The van der Waals surface area contributed by atoms with Crippen LogP contribution in [0.5, 0.6) is 0 Å². The van der Waals surface area contributed by atoms with Gasteiger partial charge in [0.15, 0.2) is 0 Å². The van der Waals surface area contributed by atoms with E-state index >= 15 is 0 Å². The zero-order valence-corrected chi connectivity index (χ0v) is 9.67. The van der Waals surface area contributed by atoms with Gasteiger partial charge in [0.05, 0.1) is 0 Å². The summed E-state index contributed by atoms with van der Waals surface area (Å²) in [5.74, 6) is 0. The van der Waals surface area contributed by atoms with Crippen LogP contribution in [-0.2, 0) is 11.1 Å². The zero-order valence-electron chi connectivity index (χ0n) is 6.04. The first kappa shape index (κ1) is 11.5. The molecule has 0 radical (unpaired) electrons. The second-order valence-corrected chi connectivity index (χ2v) is 3.78. The summed E-state index contributed by atoms with van der Waals surface area (Å²) in [4.78, 5) is 12.5. The van der Waals surface area contributed by atoms with Gasteiger partial charge in [0.1, 0.15) is 4.21 Å². The first-order valence-corrected chi connectivity index (χ1v) is 4.29. The van der Waals surface area contributed by atoms with Crippen LogP contribution >= 0.6 is 11.3 Å². The maximum absolute atomic E-state index is 10.5. The molecule has 0 fully saturated rings. The fourth-order valence-electron chi connectivity index (χ4n) is 0.549. The summed E-state index contributed by atoms with van der Waals surface area (Å²) in [6.07, 6.45) is 0. The number of nitrogens with one attached hydrogen (secondary N) is 1. The van der Waals surface area contributed by atoms with Crippen molar-refractivity contribution in [2.24, 2.45) is 0 Å². The topological polar surface area (TPSA) is 73.0 Å². The average Bonchev–Trinajstić information content (AvgIpc) is 2.10. The van der Waals surface area contributed by atoms with Crippen molar-refractivity contribution in [3.8, 4) is 0 Å². The molecule has 1 heterocycles. The summed E-state index contributed by atoms with van der Waals surface area (Å²) < 4.78 is 20.7. The van der Waals surface area contributed by atoms with Crippen molar-refractivity contribution in [3.63, 3.8) is 0 Å². The predicted octanol–water partition coefficient (Wildman–Crippen LogP) is -3.01. The minimum Gasteiger partial charge on any atom is -0.768 e. The van der Waals surface area contributed by atoms with Crippen LogP contribution in [0, 0.1) is 6.92 Å². The monoisotopic (exact) mass is 201 g/mol. The molecule has 1 unspecified atom stereocenters. The largest absolute Gasteiger partial charge is 1.00 e. The van der Waals surface area contributed by atoms with Crippen LogP contribution < -0.4 is 34.4 Å². The molecule has 11 heavy (non-hydrogen) atoms. The Bertz CT molecular complexity index is 317. The van der Waals surface area contributed by atoms with E-state index in [4.69, 9.17) is 0 Å². The molecular weight excluding hydrogens is 197 g/mol. The van der Waals surface area contributed by atoms with Crippen molar-refractivity contribution in [2.45, 2.75) is 11.1 Å². The Labute approximate surface area is 91.6 Å². The van der Waals surface area contributed by atoms with Crippen LogP contribution in [0.25, 0.3) is 0 Å². The third-order valence-corrected chi connectivity index (χ3v) is 2.98. The van der Waals surface area contributed by atoms with Gasteiger partial charge in [-0.25, -0.2) is 0 Å². The molecule has 1 atom stereocenters. The SMILES string of the molecule is Cc1[nH]c(=O)sc1S(=O)[O-].[Na+]. The molecule has 0 spiro atoms. The molecule has 1 rings (SSSR count). The Morgan fingerprint density at radius 3 is 2.36 bits per heavy atom. The Morgan fingerprint density at radius 1 is 1.64 bits per heavy atom. The summed E-state index contributed by atoms with van der Waals surface area (Å²) in [5, 5.41) is 0. The standard InChI is InChI=1S/C4H5NO3S2.Na/c1-2-3(10(7)8)9-4(6)5-2;/h1H3,(H,5,6)(H,7,8);/q;+1/p-1. The number of aromatic amines is 1. The number of H-pyrrole nitrogens is 1. The average molecular weight is 201 g/mol. The van der Waals surface area contributed by atoms with Crippen molar-refractivity contribution in [2.75, 3.05) is 0 Å². The molecule has 1 aromatic rings. The van der Waals surface area contributed by atoms with E-state index in [1.807, 2.05) is 0 Å². The van der Waals surface area contributed by atoms with Gasteiger partial charge in [-0.2, -0.15) is 0 Å². The third-order valence-electron chi connectivity index (χ3n) is 0.933. The summed E-state index contributed by atoms with van der Waals surface area (Å²) in [6.45, 7) is 1.54. The fourth-order valence-corrected chi connectivity index (χ4v) is 1.93. The summed E-state index contributed by atoms with van der Waals surface area (Å²) in [7, 11) is 0. The first-order chi connectivity index (χ1) is 4.61. The van der Waals surface area contributed by atoms with E-state index in [1.165, 1.54) is 0 Å². The van der Waals surface area contributed by atoms with E-state index in [9.17, 15) is 13.6 Å². The maximum atomic E-state index is 10.5. The van der Waals surface area contributed by atoms with Gasteiger partial charge in [-0.3, -0.25) is 9.00 Å². The van der Waals surface area contributed by atoms with Crippen LogP contribution in [0.2, 0.25) is 0 Å². The second-order valence-electron chi connectivity index (χ2n) is 1.66. The van der Waals surface area contributed by atoms with Crippen LogP contribution in [0.15, 0.2) is 9.00 Å². The number of hydrogen-bond donors (Lipinski definition) is 1. The minimum atomic E-state index is -2.28. The first-order valence-electron chi connectivity index (χ1n) is 2.40. The van der Waals surface area contributed by atoms with Crippen molar-refractivity contribution < 1.29 is 38.3 Å². The van der Waals surface area contributed by atoms with Gasteiger partial charge in [0.25, 0.3) is 0 Å². The number of thiazole rings is 1. The minimum absolute atomic E-state index is 0. The summed E-state index contributed by atoms with van der Waals surface area (Å²) in [6, 6.07) is 0. The Hall–Kier alpha value is 0.540. The van der Waals surface area contributed by atoms with Gasteiger partial charge in [0, 0.05) is 5.69 Å². The third kappa shape index (κ3) is 2.81. The van der Waals surface area contributed by atoms with Gasteiger partial charge >= 0.3 is 34.4 Å². The van der Waals surface area contributed by atoms with Gasteiger partial charge in [-0.05, 0) is 18.0 Å². The summed E-state index contributed by atoms with van der Waals surface area (Å²) in [5.41, 5.74) is 0.406. The second kappa shape index (κ2) is 4.54. The number of rotatable bonds is 1. The molecule has 0 aliphatic rings. The Kier molecular flexibility index (Phi) is 4.76. The molecular formula is C4H4NNaO3S2. The smallest absolute Gasteiger partial charge is 0.768 e. The van der Waals surface area contributed by atoms with Gasteiger partial charge in [-0.1, -0.05) is 11.3 Å². The van der Waals surface area contributed by atoms with Crippen molar-refractivity contribution in [3.05, 3.63) is 15.4 Å².